The maximum Gasteiger partial charge on any atom is 0.251 e. The molecule has 1 fully saturated rings. The van der Waals surface area contributed by atoms with E-state index in [2.05, 4.69) is 5.32 Å². The van der Waals surface area contributed by atoms with Crippen LogP contribution < -0.4 is 5.32 Å². The molecule has 1 unspecified atom stereocenters. The Morgan fingerprint density at radius 2 is 2.16 bits per heavy atom. The fraction of sp³-hybridized carbons (Fsp3) is 0.462. The number of amides is 1. The minimum absolute atomic E-state index is 0.00337. The summed E-state index contributed by atoms with van der Waals surface area (Å²) in [6, 6.07) is 4.38. The van der Waals surface area contributed by atoms with Gasteiger partial charge in [-0.2, -0.15) is 0 Å². The second kappa shape index (κ2) is 5.21. The van der Waals surface area contributed by atoms with Gasteiger partial charge in [-0.15, -0.1) is 0 Å². The average molecular weight is 283 g/mol. The molecule has 1 atom stereocenters. The SMILES string of the molecule is Cc1c(O)cccc1C(=O)NC1CCCS(=O)(=O)C1. The van der Waals surface area contributed by atoms with Crippen LogP contribution in [-0.2, 0) is 9.84 Å². The third-order valence-corrected chi connectivity index (χ3v) is 5.17. The number of phenolic OH excluding ortho intramolecular Hbond substituents is 1. The first kappa shape index (κ1) is 13.9. The third kappa shape index (κ3) is 3.26. The van der Waals surface area contributed by atoms with Gasteiger partial charge >= 0.3 is 0 Å². The Kier molecular flexibility index (Phi) is 3.80. The minimum atomic E-state index is -3.04. The number of rotatable bonds is 2. The first-order valence-corrected chi connectivity index (χ1v) is 8.01. The van der Waals surface area contributed by atoms with Crippen molar-refractivity contribution in [3.8, 4) is 5.75 Å². The van der Waals surface area contributed by atoms with E-state index in [0.717, 1.165) is 0 Å². The molecule has 1 aromatic rings. The van der Waals surface area contributed by atoms with Crippen LogP contribution in [-0.4, -0.2) is 37.0 Å². The maximum absolute atomic E-state index is 12.1. The minimum Gasteiger partial charge on any atom is -0.508 e. The van der Waals surface area contributed by atoms with Crippen molar-refractivity contribution in [1.82, 2.24) is 5.32 Å². The Balaban J connectivity index is 2.11. The van der Waals surface area contributed by atoms with Crippen molar-refractivity contribution in [2.24, 2.45) is 0 Å². The fourth-order valence-corrected chi connectivity index (χ4v) is 3.91. The molecule has 6 heteroatoms. The van der Waals surface area contributed by atoms with Crippen LogP contribution in [0.3, 0.4) is 0 Å². The number of nitrogens with one attached hydrogen (secondary N) is 1. The molecule has 1 amide bonds. The number of phenols is 1. The number of sulfone groups is 1. The highest BCUT2D eigenvalue weighted by molar-refractivity contribution is 7.91. The zero-order chi connectivity index (χ0) is 14.0. The molecule has 2 N–H and O–H groups in total. The standard InChI is InChI=1S/C13H17NO4S/c1-9-11(5-2-6-12(9)15)13(16)14-10-4-3-7-19(17,18)8-10/h2,5-6,10,15H,3-4,7-8H2,1H3,(H,14,16). The van der Waals surface area contributed by atoms with Crippen LogP contribution in [0, 0.1) is 6.92 Å². The third-order valence-electron chi connectivity index (χ3n) is 3.35. The lowest BCUT2D eigenvalue weighted by molar-refractivity contribution is 0.0937. The molecule has 1 heterocycles. The summed E-state index contributed by atoms with van der Waals surface area (Å²) in [5.41, 5.74) is 0.877. The molecule has 104 valence electrons. The van der Waals surface area contributed by atoms with Crippen LogP contribution in [0.25, 0.3) is 0 Å². The number of hydrogen-bond donors (Lipinski definition) is 2. The lowest BCUT2D eigenvalue weighted by Crippen LogP contribution is -2.43. The molecule has 2 rings (SSSR count). The highest BCUT2D eigenvalue weighted by Crippen LogP contribution is 2.20. The second-order valence-electron chi connectivity index (χ2n) is 4.88. The summed E-state index contributed by atoms with van der Waals surface area (Å²) in [6.45, 7) is 1.65. The molecule has 0 bridgehead atoms. The van der Waals surface area contributed by atoms with Gasteiger partial charge in [-0.3, -0.25) is 4.79 Å². The highest BCUT2D eigenvalue weighted by Gasteiger charge is 2.26. The van der Waals surface area contributed by atoms with Crippen molar-refractivity contribution in [2.45, 2.75) is 25.8 Å². The predicted octanol–water partition coefficient (Wildman–Crippen LogP) is 1.01. The van der Waals surface area contributed by atoms with Gasteiger partial charge in [0, 0.05) is 17.2 Å². The molecule has 0 spiro atoms. The van der Waals surface area contributed by atoms with Crippen molar-refractivity contribution in [3.05, 3.63) is 29.3 Å². The van der Waals surface area contributed by atoms with Gasteiger partial charge in [-0.05, 0) is 31.9 Å². The van der Waals surface area contributed by atoms with Crippen LogP contribution in [0.2, 0.25) is 0 Å². The summed E-state index contributed by atoms with van der Waals surface area (Å²) in [6.07, 6.45) is 1.25. The average Bonchev–Trinajstić information content (AvgIpc) is 2.31. The van der Waals surface area contributed by atoms with E-state index in [1.165, 1.54) is 6.07 Å². The summed E-state index contributed by atoms with van der Waals surface area (Å²) >= 11 is 0. The lowest BCUT2D eigenvalue weighted by Gasteiger charge is -2.23. The van der Waals surface area contributed by atoms with Crippen molar-refractivity contribution in [3.63, 3.8) is 0 Å². The van der Waals surface area contributed by atoms with Gasteiger partial charge in [-0.1, -0.05) is 6.07 Å². The van der Waals surface area contributed by atoms with Crippen molar-refractivity contribution >= 4 is 15.7 Å². The van der Waals surface area contributed by atoms with Crippen molar-refractivity contribution in [1.29, 1.82) is 0 Å². The molecule has 1 aliphatic heterocycles. The molecular weight excluding hydrogens is 266 g/mol. The van der Waals surface area contributed by atoms with Crippen LogP contribution in [0.15, 0.2) is 18.2 Å². The van der Waals surface area contributed by atoms with E-state index in [-0.39, 0.29) is 29.2 Å². The van der Waals surface area contributed by atoms with E-state index in [9.17, 15) is 18.3 Å². The number of carbonyl (C=O) groups excluding carboxylic acids is 1. The largest absolute Gasteiger partial charge is 0.508 e. The Morgan fingerprint density at radius 1 is 1.42 bits per heavy atom. The topological polar surface area (TPSA) is 83.5 Å². The molecule has 1 aromatic carbocycles. The Hall–Kier alpha value is -1.56. The van der Waals surface area contributed by atoms with Gasteiger partial charge in [0.25, 0.3) is 5.91 Å². The molecule has 1 aliphatic rings. The molecule has 0 aliphatic carbocycles. The normalized spacial score (nSPS) is 21.8. The Labute approximate surface area is 112 Å². The highest BCUT2D eigenvalue weighted by atomic mass is 32.2. The van der Waals surface area contributed by atoms with Gasteiger partial charge in [0.1, 0.15) is 5.75 Å². The lowest BCUT2D eigenvalue weighted by atomic mass is 10.1. The van der Waals surface area contributed by atoms with Crippen LogP contribution in [0.4, 0.5) is 0 Å². The van der Waals surface area contributed by atoms with Crippen molar-refractivity contribution in [2.75, 3.05) is 11.5 Å². The van der Waals surface area contributed by atoms with Gasteiger partial charge in [-0.25, -0.2) is 8.42 Å². The first-order chi connectivity index (χ1) is 8.89. The van der Waals surface area contributed by atoms with Crippen LogP contribution in [0.1, 0.15) is 28.8 Å². The van der Waals surface area contributed by atoms with E-state index in [1.54, 1.807) is 19.1 Å². The molecule has 1 saturated heterocycles. The summed E-state index contributed by atoms with van der Waals surface area (Å²) in [7, 11) is -3.04. The van der Waals surface area contributed by atoms with Crippen LogP contribution in [0.5, 0.6) is 5.75 Å². The van der Waals surface area contributed by atoms with Gasteiger partial charge < -0.3 is 10.4 Å². The monoisotopic (exact) mass is 283 g/mol. The smallest absolute Gasteiger partial charge is 0.251 e. The van der Waals surface area contributed by atoms with Crippen LogP contribution >= 0.6 is 0 Å². The number of benzene rings is 1. The number of aromatic hydroxyl groups is 1. The molecule has 0 aromatic heterocycles. The Morgan fingerprint density at radius 3 is 2.84 bits per heavy atom. The maximum atomic E-state index is 12.1. The van der Waals surface area contributed by atoms with E-state index in [0.29, 0.717) is 24.0 Å². The molecular formula is C13H17NO4S. The van der Waals surface area contributed by atoms with E-state index in [1.807, 2.05) is 0 Å². The predicted molar refractivity (Wildman–Crippen MR) is 72.0 cm³/mol. The zero-order valence-electron chi connectivity index (χ0n) is 10.7. The molecule has 5 nitrogen and oxygen atoms in total. The quantitative estimate of drug-likeness (QED) is 0.848. The first-order valence-electron chi connectivity index (χ1n) is 6.19. The van der Waals surface area contributed by atoms with E-state index in [4.69, 9.17) is 0 Å². The Bertz CT molecular complexity index is 595. The number of carbonyl (C=O) groups is 1. The fourth-order valence-electron chi connectivity index (χ4n) is 2.27. The summed E-state index contributed by atoms with van der Waals surface area (Å²) in [4.78, 5) is 12.1. The summed E-state index contributed by atoms with van der Waals surface area (Å²) < 4.78 is 23.0. The number of hydrogen-bond acceptors (Lipinski definition) is 4. The van der Waals surface area contributed by atoms with Crippen molar-refractivity contribution < 1.29 is 18.3 Å². The molecule has 0 radical (unpaired) electrons. The van der Waals surface area contributed by atoms with Gasteiger partial charge in [0.2, 0.25) is 0 Å². The van der Waals surface area contributed by atoms with Gasteiger partial charge in [0.15, 0.2) is 9.84 Å². The molecule has 0 saturated carbocycles. The molecule has 19 heavy (non-hydrogen) atoms. The summed E-state index contributed by atoms with van der Waals surface area (Å²) in [5.74, 6) is -0.0828. The van der Waals surface area contributed by atoms with E-state index >= 15 is 0 Å². The zero-order valence-corrected chi connectivity index (χ0v) is 11.5. The summed E-state index contributed by atoms with van der Waals surface area (Å²) in [5, 5.41) is 12.3. The second-order valence-corrected chi connectivity index (χ2v) is 7.11. The van der Waals surface area contributed by atoms with E-state index < -0.39 is 9.84 Å². The van der Waals surface area contributed by atoms with Gasteiger partial charge in [0.05, 0.1) is 11.5 Å².